The zero-order chi connectivity index (χ0) is 13.7. The van der Waals surface area contributed by atoms with E-state index in [4.69, 9.17) is 11.6 Å². The molecule has 1 heterocycles. The van der Waals surface area contributed by atoms with Crippen molar-refractivity contribution < 1.29 is 4.79 Å². The second-order valence-electron chi connectivity index (χ2n) is 4.44. The van der Waals surface area contributed by atoms with E-state index in [0.717, 1.165) is 22.6 Å². The van der Waals surface area contributed by atoms with Gasteiger partial charge in [0, 0.05) is 17.8 Å². The molecule has 1 amide bonds. The van der Waals surface area contributed by atoms with Crippen molar-refractivity contribution in [1.29, 1.82) is 0 Å². The molecule has 0 radical (unpaired) electrons. The number of hydrogen-bond acceptors (Lipinski definition) is 2. The summed E-state index contributed by atoms with van der Waals surface area (Å²) in [5.74, 6) is -0.0305. The van der Waals surface area contributed by atoms with Crippen LogP contribution in [0.3, 0.4) is 0 Å². The van der Waals surface area contributed by atoms with E-state index in [1.54, 1.807) is 10.9 Å². The smallest absolute Gasteiger partial charge is 0.241 e. The Bertz CT molecular complexity index is 548. The lowest BCUT2D eigenvalue weighted by Crippen LogP contribution is -2.29. The fourth-order valence-electron chi connectivity index (χ4n) is 1.75. The first-order valence-electron chi connectivity index (χ1n) is 6.14. The van der Waals surface area contributed by atoms with Crippen LogP contribution < -0.4 is 5.32 Å². The van der Waals surface area contributed by atoms with Gasteiger partial charge in [-0.1, -0.05) is 23.7 Å². The van der Waals surface area contributed by atoms with E-state index in [1.807, 2.05) is 37.4 Å². The summed E-state index contributed by atoms with van der Waals surface area (Å²) in [6, 6.07) is 7.63. The molecule has 4 nitrogen and oxygen atoms in total. The van der Waals surface area contributed by atoms with Crippen LogP contribution in [0.25, 0.3) is 0 Å². The van der Waals surface area contributed by atoms with Gasteiger partial charge in [-0.25, -0.2) is 0 Å². The minimum absolute atomic E-state index is 0.0305. The molecule has 2 aromatic rings. The van der Waals surface area contributed by atoms with Crippen molar-refractivity contribution in [1.82, 2.24) is 15.1 Å². The molecule has 0 fully saturated rings. The summed E-state index contributed by atoms with van der Waals surface area (Å²) in [4.78, 5) is 11.7. The first-order valence-corrected chi connectivity index (χ1v) is 6.51. The van der Waals surface area contributed by atoms with Gasteiger partial charge in [0.25, 0.3) is 0 Å². The summed E-state index contributed by atoms with van der Waals surface area (Å²) in [6.45, 7) is 2.82. The molecular formula is C14H16ClN3O. The molecule has 0 saturated carbocycles. The number of nitrogens with zero attached hydrogens (tertiary/aromatic N) is 2. The SMILES string of the molecule is Cc1cnn(CC(=O)NCCc2ccc(Cl)cc2)c1. The van der Waals surface area contributed by atoms with Gasteiger partial charge < -0.3 is 5.32 Å². The van der Waals surface area contributed by atoms with Crippen molar-refractivity contribution in [3.8, 4) is 0 Å². The number of amides is 1. The standard InChI is InChI=1S/C14H16ClN3O/c1-11-8-17-18(9-11)10-14(19)16-7-6-12-2-4-13(15)5-3-12/h2-5,8-9H,6-7,10H2,1H3,(H,16,19). The van der Waals surface area contributed by atoms with Gasteiger partial charge in [-0.2, -0.15) is 5.10 Å². The van der Waals surface area contributed by atoms with Crippen molar-refractivity contribution in [2.24, 2.45) is 0 Å². The summed E-state index contributed by atoms with van der Waals surface area (Å²) in [7, 11) is 0. The third kappa shape index (κ3) is 4.41. The quantitative estimate of drug-likeness (QED) is 0.911. The third-order valence-electron chi connectivity index (χ3n) is 2.72. The van der Waals surface area contributed by atoms with Crippen molar-refractivity contribution in [3.05, 3.63) is 52.8 Å². The Kier molecular flexibility index (Phi) is 4.58. The average Bonchev–Trinajstić information content (AvgIpc) is 2.77. The van der Waals surface area contributed by atoms with Gasteiger partial charge in [0.05, 0.1) is 6.20 Å². The van der Waals surface area contributed by atoms with E-state index in [9.17, 15) is 4.79 Å². The highest BCUT2D eigenvalue weighted by Gasteiger charge is 2.03. The van der Waals surface area contributed by atoms with Crippen LogP contribution in [0.2, 0.25) is 5.02 Å². The highest BCUT2D eigenvalue weighted by atomic mass is 35.5. The molecule has 0 aliphatic carbocycles. The van der Waals surface area contributed by atoms with Crippen molar-refractivity contribution in [3.63, 3.8) is 0 Å². The largest absolute Gasteiger partial charge is 0.354 e. The molecule has 100 valence electrons. The molecule has 0 spiro atoms. The number of aryl methyl sites for hydroxylation is 1. The molecule has 0 aliphatic rings. The van der Waals surface area contributed by atoms with E-state index in [2.05, 4.69) is 10.4 Å². The number of halogens is 1. The highest BCUT2D eigenvalue weighted by molar-refractivity contribution is 6.30. The number of hydrogen-bond donors (Lipinski definition) is 1. The van der Waals surface area contributed by atoms with Gasteiger partial charge in [0.2, 0.25) is 5.91 Å². The van der Waals surface area contributed by atoms with Gasteiger partial charge in [0.1, 0.15) is 6.54 Å². The lowest BCUT2D eigenvalue weighted by Gasteiger charge is -2.05. The van der Waals surface area contributed by atoms with Crippen LogP contribution in [-0.2, 0) is 17.8 Å². The Morgan fingerprint density at radius 1 is 1.37 bits per heavy atom. The molecule has 0 atom stereocenters. The maximum Gasteiger partial charge on any atom is 0.241 e. The van der Waals surface area contributed by atoms with Gasteiger partial charge in [-0.05, 0) is 36.6 Å². The zero-order valence-corrected chi connectivity index (χ0v) is 11.5. The number of benzene rings is 1. The molecule has 1 aromatic heterocycles. The van der Waals surface area contributed by atoms with Gasteiger partial charge >= 0.3 is 0 Å². The van der Waals surface area contributed by atoms with Gasteiger partial charge in [0.15, 0.2) is 0 Å². The lowest BCUT2D eigenvalue weighted by atomic mass is 10.1. The fraction of sp³-hybridized carbons (Fsp3) is 0.286. The van der Waals surface area contributed by atoms with E-state index in [0.29, 0.717) is 6.54 Å². The molecule has 1 N–H and O–H groups in total. The van der Waals surface area contributed by atoms with Crippen LogP contribution in [0.15, 0.2) is 36.7 Å². The van der Waals surface area contributed by atoms with Crippen LogP contribution in [0.4, 0.5) is 0 Å². The molecule has 0 unspecified atom stereocenters. The number of rotatable bonds is 5. The lowest BCUT2D eigenvalue weighted by molar-refractivity contribution is -0.121. The molecule has 5 heteroatoms. The maximum absolute atomic E-state index is 11.7. The molecule has 1 aromatic carbocycles. The first-order chi connectivity index (χ1) is 9.13. The second kappa shape index (κ2) is 6.38. The van der Waals surface area contributed by atoms with E-state index in [1.165, 1.54) is 0 Å². The molecule has 0 aliphatic heterocycles. The monoisotopic (exact) mass is 277 g/mol. The van der Waals surface area contributed by atoms with Gasteiger partial charge in [-0.3, -0.25) is 9.48 Å². The molecule has 0 saturated heterocycles. The summed E-state index contributed by atoms with van der Waals surface area (Å²) < 4.78 is 1.63. The number of nitrogens with one attached hydrogen (secondary N) is 1. The second-order valence-corrected chi connectivity index (χ2v) is 4.88. The molecule has 0 bridgehead atoms. The van der Waals surface area contributed by atoms with E-state index < -0.39 is 0 Å². The van der Waals surface area contributed by atoms with Gasteiger partial charge in [-0.15, -0.1) is 0 Å². The normalized spacial score (nSPS) is 10.4. The van der Waals surface area contributed by atoms with Crippen LogP contribution in [0.5, 0.6) is 0 Å². The predicted octanol–water partition coefficient (Wildman–Crippen LogP) is 2.20. The van der Waals surface area contributed by atoms with Crippen molar-refractivity contribution >= 4 is 17.5 Å². The third-order valence-corrected chi connectivity index (χ3v) is 2.97. The maximum atomic E-state index is 11.7. The molecule has 2 rings (SSSR count). The average molecular weight is 278 g/mol. The minimum Gasteiger partial charge on any atom is -0.354 e. The van der Waals surface area contributed by atoms with E-state index >= 15 is 0 Å². The fourth-order valence-corrected chi connectivity index (χ4v) is 1.88. The van der Waals surface area contributed by atoms with Crippen LogP contribution in [0.1, 0.15) is 11.1 Å². The zero-order valence-electron chi connectivity index (χ0n) is 10.8. The minimum atomic E-state index is -0.0305. The molecule has 19 heavy (non-hydrogen) atoms. The number of carbonyl (C=O) groups excluding carboxylic acids is 1. The summed E-state index contributed by atoms with van der Waals surface area (Å²) in [6.07, 6.45) is 4.38. The number of carbonyl (C=O) groups is 1. The Morgan fingerprint density at radius 3 is 2.74 bits per heavy atom. The predicted molar refractivity (Wildman–Crippen MR) is 75.1 cm³/mol. The summed E-state index contributed by atoms with van der Waals surface area (Å²) in [5.41, 5.74) is 2.20. The topological polar surface area (TPSA) is 46.9 Å². The Hall–Kier alpha value is -1.81. The Balaban J connectivity index is 1.73. The van der Waals surface area contributed by atoms with Crippen molar-refractivity contribution in [2.45, 2.75) is 19.9 Å². The summed E-state index contributed by atoms with van der Waals surface area (Å²) in [5, 5.41) is 7.67. The Morgan fingerprint density at radius 2 is 2.11 bits per heavy atom. The Labute approximate surface area is 117 Å². The van der Waals surface area contributed by atoms with Crippen LogP contribution in [0, 0.1) is 6.92 Å². The number of aromatic nitrogens is 2. The first kappa shape index (κ1) is 13.6. The molecular weight excluding hydrogens is 262 g/mol. The van der Waals surface area contributed by atoms with Crippen LogP contribution in [-0.4, -0.2) is 22.2 Å². The van der Waals surface area contributed by atoms with Crippen molar-refractivity contribution in [2.75, 3.05) is 6.54 Å². The van der Waals surface area contributed by atoms with E-state index in [-0.39, 0.29) is 12.5 Å². The van der Waals surface area contributed by atoms with Crippen LogP contribution >= 0.6 is 11.6 Å². The summed E-state index contributed by atoms with van der Waals surface area (Å²) >= 11 is 5.81. The highest BCUT2D eigenvalue weighted by Crippen LogP contribution is 2.09.